The number of nitrogens with zero attached hydrogens (tertiary/aromatic N) is 4. The van der Waals surface area contributed by atoms with Crippen molar-refractivity contribution in [2.75, 3.05) is 7.11 Å². The molecule has 21 heavy (non-hydrogen) atoms. The Labute approximate surface area is 128 Å². The fraction of sp³-hybridized carbons (Fsp3) is 0.0714. The molecule has 0 saturated heterocycles. The second kappa shape index (κ2) is 4.68. The summed E-state index contributed by atoms with van der Waals surface area (Å²) >= 11 is 7.33. The number of pyridine rings is 2. The van der Waals surface area contributed by atoms with Crippen LogP contribution in [0.3, 0.4) is 0 Å². The van der Waals surface area contributed by atoms with Gasteiger partial charge in [0.2, 0.25) is 5.88 Å². The zero-order chi connectivity index (χ0) is 14.4. The second-order valence-corrected chi connectivity index (χ2v) is 5.77. The Morgan fingerprint density at radius 3 is 2.86 bits per heavy atom. The van der Waals surface area contributed by atoms with Gasteiger partial charge in [-0.1, -0.05) is 22.9 Å². The molecule has 0 radical (unpaired) electrons. The highest BCUT2D eigenvalue weighted by molar-refractivity contribution is 7.23. The molecular weight excluding hydrogens is 308 g/mol. The van der Waals surface area contributed by atoms with E-state index in [9.17, 15) is 0 Å². The molecule has 0 fully saturated rings. The number of halogens is 1. The molecule has 0 bridgehead atoms. The molecule has 0 aromatic carbocycles. The molecule has 0 atom stereocenters. The first-order valence-electron chi connectivity index (χ1n) is 6.19. The molecule has 104 valence electrons. The Bertz CT molecular complexity index is 945. The second-order valence-electron chi connectivity index (χ2n) is 4.43. The predicted molar refractivity (Wildman–Crippen MR) is 83.2 cm³/mol. The van der Waals surface area contributed by atoms with Crippen molar-refractivity contribution in [1.29, 1.82) is 0 Å². The molecule has 0 spiro atoms. The van der Waals surface area contributed by atoms with Gasteiger partial charge in [-0.15, -0.1) is 0 Å². The lowest BCUT2D eigenvalue weighted by Gasteiger charge is -1.97. The van der Waals surface area contributed by atoms with Crippen LogP contribution in [0, 0.1) is 0 Å². The molecule has 0 unspecified atom stereocenters. The molecule has 7 heteroatoms. The summed E-state index contributed by atoms with van der Waals surface area (Å²) < 4.78 is 7.17. The van der Waals surface area contributed by atoms with Gasteiger partial charge in [0.1, 0.15) is 9.98 Å². The molecule has 0 aliphatic carbocycles. The smallest absolute Gasteiger partial charge is 0.214 e. The first-order valence-corrected chi connectivity index (χ1v) is 7.38. The van der Waals surface area contributed by atoms with Crippen LogP contribution in [0.15, 0.2) is 36.7 Å². The molecular formula is C14H9ClN4OS. The normalized spacial score (nSPS) is 11.3. The number of thiazole rings is 1. The van der Waals surface area contributed by atoms with Crippen LogP contribution >= 0.6 is 22.9 Å². The third kappa shape index (κ3) is 2.03. The summed E-state index contributed by atoms with van der Waals surface area (Å²) in [5.74, 6) is 0.606. The molecule has 4 heterocycles. The summed E-state index contributed by atoms with van der Waals surface area (Å²) in [6, 6.07) is 7.49. The number of hydrogen-bond acceptors (Lipinski definition) is 5. The van der Waals surface area contributed by atoms with E-state index in [1.807, 2.05) is 28.8 Å². The maximum Gasteiger partial charge on any atom is 0.214 e. The van der Waals surface area contributed by atoms with Crippen molar-refractivity contribution < 1.29 is 4.74 Å². The van der Waals surface area contributed by atoms with Crippen molar-refractivity contribution in [2.45, 2.75) is 0 Å². The zero-order valence-corrected chi connectivity index (χ0v) is 12.5. The topological polar surface area (TPSA) is 52.3 Å². The molecule has 4 aromatic rings. The lowest BCUT2D eigenvalue weighted by molar-refractivity contribution is 0.400. The van der Waals surface area contributed by atoms with E-state index in [0.29, 0.717) is 11.0 Å². The molecule has 0 N–H and O–H groups in total. The van der Waals surface area contributed by atoms with Crippen LogP contribution in [0.2, 0.25) is 5.15 Å². The Hall–Kier alpha value is -2.18. The summed E-state index contributed by atoms with van der Waals surface area (Å²) in [4.78, 5) is 14.9. The monoisotopic (exact) mass is 316 g/mol. The maximum absolute atomic E-state index is 5.81. The Morgan fingerprint density at radius 2 is 2.10 bits per heavy atom. The minimum absolute atomic E-state index is 0.474. The van der Waals surface area contributed by atoms with Crippen LogP contribution in [0.1, 0.15) is 0 Å². The average Bonchev–Trinajstić information content (AvgIpc) is 3.04. The first kappa shape index (κ1) is 12.6. The number of aromatic nitrogens is 4. The van der Waals surface area contributed by atoms with E-state index >= 15 is 0 Å². The van der Waals surface area contributed by atoms with Crippen LogP contribution < -0.4 is 4.74 Å². The van der Waals surface area contributed by atoms with Gasteiger partial charge in [-0.05, 0) is 18.2 Å². The third-order valence-electron chi connectivity index (χ3n) is 3.17. The van der Waals surface area contributed by atoms with E-state index in [1.54, 1.807) is 19.4 Å². The van der Waals surface area contributed by atoms with Gasteiger partial charge >= 0.3 is 0 Å². The number of ether oxygens (including phenoxy) is 1. The van der Waals surface area contributed by atoms with Gasteiger partial charge in [-0.25, -0.2) is 15.0 Å². The van der Waals surface area contributed by atoms with Gasteiger partial charge in [0.25, 0.3) is 0 Å². The molecule has 0 aliphatic heterocycles. The molecule has 0 saturated carbocycles. The van der Waals surface area contributed by atoms with Crippen molar-refractivity contribution in [3.63, 3.8) is 0 Å². The van der Waals surface area contributed by atoms with Crippen LogP contribution in [-0.4, -0.2) is 26.5 Å². The van der Waals surface area contributed by atoms with Crippen molar-refractivity contribution in [3.05, 3.63) is 41.8 Å². The first-order chi connectivity index (χ1) is 10.2. The number of hydrogen-bond donors (Lipinski definition) is 0. The van der Waals surface area contributed by atoms with Crippen LogP contribution in [0.4, 0.5) is 0 Å². The van der Waals surface area contributed by atoms with Crippen LogP contribution in [-0.2, 0) is 0 Å². The van der Waals surface area contributed by atoms with Crippen LogP contribution in [0.25, 0.3) is 26.6 Å². The number of imidazole rings is 1. The van der Waals surface area contributed by atoms with Crippen LogP contribution in [0.5, 0.6) is 5.88 Å². The van der Waals surface area contributed by atoms with Gasteiger partial charge in [-0.3, -0.25) is 4.40 Å². The third-order valence-corrected chi connectivity index (χ3v) is 4.36. The highest BCUT2D eigenvalue weighted by atomic mass is 35.5. The predicted octanol–water partition coefficient (Wildman–Crippen LogP) is 3.67. The van der Waals surface area contributed by atoms with E-state index in [0.717, 1.165) is 26.6 Å². The van der Waals surface area contributed by atoms with Crippen molar-refractivity contribution in [2.24, 2.45) is 0 Å². The van der Waals surface area contributed by atoms with Gasteiger partial charge in [0.05, 0.1) is 18.3 Å². The van der Waals surface area contributed by atoms with Crippen molar-refractivity contribution >= 4 is 38.2 Å². The lowest BCUT2D eigenvalue weighted by atomic mass is 10.2. The zero-order valence-electron chi connectivity index (χ0n) is 10.9. The summed E-state index contributed by atoms with van der Waals surface area (Å²) in [5.41, 5.74) is 2.81. The van der Waals surface area contributed by atoms with E-state index in [2.05, 4.69) is 15.0 Å². The van der Waals surface area contributed by atoms with Crippen molar-refractivity contribution in [1.82, 2.24) is 19.4 Å². The molecule has 5 nitrogen and oxygen atoms in total. The highest BCUT2D eigenvalue weighted by Crippen LogP contribution is 2.29. The van der Waals surface area contributed by atoms with E-state index in [-0.39, 0.29) is 0 Å². The Balaban J connectivity index is 1.88. The quantitative estimate of drug-likeness (QED) is 0.529. The fourth-order valence-corrected chi connectivity index (χ4v) is 3.23. The number of rotatable bonds is 2. The van der Waals surface area contributed by atoms with Gasteiger partial charge in [0.15, 0.2) is 4.96 Å². The molecule has 0 amide bonds. The fourth-order valence-electron chi connectivity index (χ4n) is 2.15. The van der Waals surface area contributed by atoms with Gasteiger partial charge in [-0.2, -0.15) is 0 Å². The molecule has 4 aromatic heterocycles. The summed E-state index contributed by atoms with van der Waals surface area (Å²) in [7, 11) is 1.61. The molecule has 4 rings (SSSR count). The van der Waals surface area contributed by atoms with Crippen molar-refractivity contribution in [3.8, 4) is 17.1 Å². The minimum atomic E-state index is 0.474. The lowest BCUT2D eigenvalue weighted by Crippen LogP contribution is -1.86. The van der Waals surface area contributed by atoms with Gasteiger partial charge < -0.3 is 4.74 Å². The average molecular weight is 317 g/mol. The SMILES string of the molecule is COc1ccc2c(n1)sc1nc(-c3ccc(Cl)nc3)cn12. The standard InChI is InChI=1S/C14H9ClN4OS/c1-20-12-5-3-10-13(18-12)21-14-17-9(7-19(10)14)8-2-4-11(15)16-6-8/h2-7H,1H3. The number of methoxy groups -OCH3 is 1. The van der Waals surface area contributed by atoms with E-state index in [4.69, 9.17) is 16.3 Å². The largest absolute Gasteiger partial charge is 0.481 e. The summed E-state index contributed by atoms with van der Waals surface area (Å²) in [5, 5.41) is 0.474. The number of fused-ring (bicyclic) bond motifs is 3. The summed E-state index contributed by atoms with van der Waals surface area (Å²) in [6.07, 6.45) is 3.70. The molecule has 0 aliphatic rings. The summed E-state index contributed by atoms with van der Waals surface area (Å²) in [6.45, 7) is 0. The Morgan fingerprint density at radius 1 is 1.19 bits per heavy atom. The minimum Gasteiger partial charge on any atom is -0.481 e. The van der Waals surface area contributed by atoms with E-state index < -0.39 is 0 Å². The Kier molecular flexibility index (Phi) is 2.80. The van der Waals surface area contributed by atoms with Gasteiger partial charge in [0, 0.05) is 24.0 Å². The van der Waals surface area contributed by atoms with E-state index in [1.165, 1.54) is 11.3 Å². The highest BCUT2D eigenvalue weighted by Gasteiger charge is 2.12. The maximum atomic E-state index is 5.81.